The standard InChI is InChI=1S/C14H28N2O2/c1-12(2)16(10-5-7-14(17)18)13-6-4-9-15(3)11-8-13/h12-13H,4-11H2,1-3H3,(H,17,18). The van der Waals surface area contributed by atoms with Crippen LogP contribution in [0.4, 0.5) is 0 Å². The fourth-order valence-electron chi connectivity index (χ4n) is 2.83. The summed E-state index contributed by atoms with van der Waals surface area (Å²) in [5, 5.41) is 8.73. The summed E-state index contributed by atoms with van der Waals surface area (Å²) < 4.78 is 0. The molecule has 0 radical (unpaired) electrons. The van der Waals surface area contributed by atoms with Gasteiger partial charge in [0.2, 0.25) is 0 Å². The summed E-state index contributed by atoms with van der Waals surface area (Å²) in [6.45, 7) is 7.70. The van der Waals surface area contributed by atoms with E-state index in [2.05, 4.69) is 30.7 Å². The third kappa shape index (κ3) is 5.36. The Morgan fingerprint density at radius 2 is 2.11 bits per heavy atom. The average molecular weight is 256 g/mol. The summed E-state index contributed by atoms with van der Waals surface area (Å²) >= 11 is 0. The fraction of sp³-hybridized carbons (Fsp3) is 0.929. The Bertz CT molecular complexity index is 256. The number of likely N-dealkylation sites (tertiary alicyclic amines) is 1. The molecule has 0 aromatic heterocycles. The number of rotatable bonds is 6. The van der Waals surface area contributed by atoms with Gasteiger partial charge in [-0.1, -0.05) is 0 Å². The van der Waals surface area contributed by atoms with Crippen LogP contribution in [-0.2, 0) is 4.79 Å². The van der Waals surface area contributed by atoms with E-state index in [-0.39, 0.29) is 6.42 Å². The normalized spacial score (nSPS) is 22.4. The largest absolute Gasteiger partial charge is 0.481 e. The molecule has 0 aromatic rings. The predicted octanol–water partition coefficient (Wildman–Crippen LogP) is 2.05. The lowest BCUT2D eigenvalue weighted by molar-refractivity contribution is -0.137. The average Bonchev–Trinajstić information content (AvgIpc) is 2.49. The second kappa shape index (κ2) is 7.74. The van der Waals surface area contributed by atoms with Gasteiger partial charge in [0.05, 0.1) is 0 Å². The van der Waals surface area contributed by atoms with Gasteiger partial charge in [-0.15, -0.1) is 0 Å². The van der Waals surface area contributed by atoms with Crippen LogP contribution in [0.1, 0.15) is 46.0 Å². The van der Waals surface area contributed by atoms with Crippen LogP contribution in [0.2, 0.25) is 0 Å². The van der Waals surface area contributed by atoms with E-state index in [1.54, 1.807) is 0 Å². The van der Waals surface area contributed by atoms with Crippen LogP contribution in [0.3, 0.4) is 0 Å². The summed E-state index contributed by atoms with van der Waals surface area (Å²) in [7, 11) is 2.19. The van der Waals surface area contributed by atoms with Crippen LogP contribution < -0.4 is 0 Å². The van der Waals surface area contributed by atoms with Crippen LogP contribution in [0.15, 0.2) is 0 Å². The molecule has 4 heteroatoms. The first-order valence-electron chi connectivity index (χ1n) is 7.16. The lowest BCUT2D eigenvalue weighted by Crippen LogP contribution is -2.41. The Morgan fingerprint density at radius 1 is 1.39 bits per heavy atom. The van der Waals surface area contributed by atoms with E-state index in [4.69, 9.17) is 5.11 Å². The summed E-state index contributed by atoms with van der Waals surface area (Å²) in [6, 6.07) is 1.14. The van der Waals surface area contributed by atoms with Crippen LogP contribution in [0.5, 0.6) is 0 Å². The van der Waals surface area contributed by atoms with E-state index in [9.17, 15) is 4.79 Å². The topological polar surface area (TPSA) is 43.8 Å². The second-order valence-electron chi connectivity index (χ2n) is 5.72. The van der Waals surface area contributed by atoms with Crippen molar-refractivity contribution in [3.05, 3.63) is 0 Å². The van der Waals surface area contributed by atoms with Crippen LogP contribution in [0, 0.1) is 0 Å². The number of carboxylic acid groups (broad SMARTS) is 1. The predicted molar refractivity (Wildman–Crippen MR) is 73.8 cm³/mol. The van der Waals surface area contributed by atoms with Crippen molar-refractivity contribution >= 4 is 5.97 Å². The maximum atomic E-state index is 10.6. The minimum atomic E-state index is -0.681. The molecule has 1 heterocycles. The zero-order valence-corrected chi connectivity index (χ0v) is 12.1. The Morgan fingerprint density at radius 3 is 2.72 bits per heavy atom. The minimum Gasteiger partial charge on any atom is -0.481 e. The molecule has 1 N–H and O–H groups in total. The Kier molecular flexibility index (Phi) is 6.65. The molecular weight excluding hydrogens is 228 g/mol. The van der Waals surface area contributed by atoms with Gasteiger partial charge in [-0.3, -0.25) is 9.69 Å². The van der Waals surface area contributed by atoms with Gasteiger partial charge in [0.25, 0.3) is 0 Å². The molecule has 0 aliphatic carbocycles. The molecule has 18 heavy (non-hydrogen) atoms. The molecule has 0 aromatic carbocycles. The van der Waals surface area contributed by atoms with Gasteiger partial charge in [-0.05, 0) is 66.2 Å². The number of aliphatic carboxylic acids is 1. The van der Waals surface area contributed by atoms with E-state index < -0.39 is 5.97 Å². The fourth-order valence-corrected chi connectivity index (χ4v) is 2.83. The Balaban J connectivity index is 2.46. The first kappa shape index (κ1) is 15.4. The molecule has 1 aliphatic rings. The van der Waals surface area contributed by atoms with Crippen molar-refractivity contribution < 1.29 is 9.90 Å². The van der Waals surface area contributed by atoms with Gasteiger partial charge in [-0.2, -0.15) is 0 Å². The van der Waals surface area contributed by atoms with Gasteiger partial charge in [0, 0.05) is 18.5 Å². The Labute approximate surface area is 111 Å². The van der Waals surface area contributed by atoms with Crippen molar-refractivity contribution in [3.63, 3.8) is 0 Å². The SMILES string of the molecule is CC(C)N(CCCC(=O)O)C1CCCN(C)CC1. The van der Waals surface area contributed by atoms with Gasteiger partial charge in [-0.25, -0.2) is 0 Å². The molecule has 0 saturated carbocycles. The molecular formula is C14H28N2O2. The lowest BCUT2D eigenvalue weighted by atomic mass is 10.0. The highest BCUT2D eigenvalue weighted by atomic mass is 16.4. The number of carboxylic acids is 1. The first-order valence-corrected chi connectivity index (χ1v) is 7.16. The maximum absolute atomic E-state index is 10.6. The van der Waals surface area contributed by atoms with E-state index >= 15 is 0 Å². The van der Waals surface area contributed by atoms with Crippen molar-refractivity contribution in [2.75, 3.05) is 26.7 Å². The third-order valence-electron chi connectivity index (χ3n) is 3.86. The molecule has 106 valence electrons. The second-order valence-corrected chi connectivity index (χ2v) is 5.72. The zero-order valence-electron chi connectivity index (χ0n) is 12.1. The molecule has 0 bridgehead atoms. The van der Waals surface area contributed by atoms with Crippen molar-refractivity contribution in [3.8, 4) is 0 Å². The minimum absolute atomic E-state index is 0.288. The van der Waals surface area contributed by atoms with Crippen molar-refractivity contribution in [2.45, 2.75) is 58.0 Å². The molecule has 1 fully saturated rings. The van der Waals surface area contributed by atoms with E-state index in [1.165, 1.54) is 25.8 Å². The quantitative estimate of drug-likeness (QED) is 0.790. The lowest BCUT2D eigenvalue weighted by Gasteiger charge is -2.34. The molecule has 4 nitrogen and oxygen atoms in total. The molecule has 0 amide bonds. The maximum Gasteiger partial charge on any atom is 0.303 e. The molecule has 1 saturated heterocycles. The number of hydrogen-bond donors (Lipinski definition) is 1. The van der Waals surface area contributed by atoms with Crippen LogP contribution in [0.25, 0.3) is 0 Å². The smallest absolute Gasteiger partial charge is 0.303 e. The highest BCUT2D eigenvalue weighted by molar-refractivity contribution is 5.66. The van der Waals surface area contributed by atoms with Gasteiger partial charge >= 0.3 is 5.97 Å². The highest BCUT2D eigenvalue weighted by Gasteiger charge is 2.23. The van der Waals surface area contributed by atoms with Gasteiger partial charge < -0.3 is 10.0 Å². The number of nitrogens with zero attached hydrogens (tertiary/aromatic N) is 2. The number of hydrogen-bond acceptors (Lipinski definition) is 3. The third-order valence-corrected chi connectivity index (χ3v) is 3.86. The van der Waals surface area contributed by atoms with Crippen LogP contribution >= 0.6 is 0 Å². The zero-order chi connectivity index (χ0) is 13.5. The molecule has 1 atom stereocenters. The monoisotopic (exact) mass is 256 g/mol. The molecule has 1 rings (SSSR count). The van der Waals surface area contributed by atoms with E-state index in [1.807, 2.05) is 0 Å². The van der Waals surface area contributed by atoms with Crippen molar-refractivity contribution in [1.82, 2.24) is 9.80 Å². The van der Waals surface area contributed by atoms with Crippen molar-refractivity contribution in [1.29, 1.82) is 0 Å². The highest BCUT2D eigenvalue weighted by Crippen LogP contribution is 2.19. The van der Waals surface area contributed by atoms with E-state index in [0.717, 1.165) is 19.5 Å². The summed E-state index contributed by atoms with van der Waals surface area (Å²) in [4.78, 5) is 15.5. The number of carbonyl (C=O) groups is 1. The summed E-state index contributed by atoms with van der Waals surface area (Å²) in [5.74, 6) is -0.681. The van der Waals surface area contributed by atoms with Crippen molar-refractivity contribution in [2.24, 2.45) is 0 Å². The summed E-state index contributed by atoms with van der Waals surface area (Å²) in [6.07, 6.45) is 4.76. The van der Waals surface area contributed by atoms with Crippen LogP contribution in [-0.4, -0.2) is 59.6 Å². The van der Waals surface area contributed by atoms with E-state index in [0.29, 0.717) is 12.1 Å². The molecule has 0 spiro atoms. The molecule has 1 unspecified atom stereocenters. The molecule has 1 aliphatic heterocycles. The Hall–Kier alpha value is -0.610. The van der Waals surface area contributed by atoms with Gasteiger partial charge in [0.15, 0.2) is 0 Å². The first-order chi connectivity index (χ1) is 8.50. The summed E-state index contributed by atoms with van der Waals surface area (Å²) in [5.41, 5.74) is 0. The van der Waals surface area contributed by atoms with Gasteiger partial charge in [0.1, 0.15) is 0 Å².